The van der Waals surface area contributed by atoms with Gasteiger partial charge in [0.15, 0.2) is 0 Å². The number of carbonyl (C=O) groups is 2. The lowest BCUT2D eigenvalue weighted by Crippen LogP contribution is -2.39. The molecule has 1 amide bonds. The number of carbonyl (C=O) groups excluding carboxylic acids is 2. The number of hydrogen-bond acceptors (Lipinski definition) is 5. The molecule has 0 saturated heterocycles. The second-order valence-corrected chi connectivity index (χ2v) is 4.74. The van der Waals surface area contributed by atoms with E-state index in [1.807, 2.05) is 11.0 Å². The van der Waals surface area contributed by atoms with Crippen LogP contribution in [-0.2, 0) is 4.84 Å². The third kappa shape index (κ3) is 4.15. The van der Waals surface area contributed by atoms with Gasteiger partial charge in [-0.05, 0) is 36.4 Å². The molecule has 0 unspecified atom stereocenters. The Labute approximate surface area is 134 Å². The van der Waals surface area contributed by atoms with Crippen molar-refractivity contribution in [1.29, 1.82) is 0 Å². The van der Waals surface area contributed by atoms with E-state index in [1.165, 1.54) is 18.2 Å². The summed E-state index contributed by atoms with van der Waals surface area (Å²) in [5.41, 5.74) is 8.84. The molecule has 0 heterocycles. The van der Waals surface area contributed by atoms with E-state index in [0.29, 0.717) is 6.07 Å². The first kappa shape index (κ1) is 16.7. The summed E-state index contributed by atoms with van der Waals surface area (Å²) in [5, 5.41) is 0.261. The number of nitrogen functional groups attached to an aromatic ring is 1. The van der Waals surface area contributed by atoms with Crippen molar-refractivity contribution in [3.63, 3.8) is 0 Å². The normalized spacial score (nSPS) is 10.2. The molecule has 0 radical (unpaired) electrons. The molecule has 2 rings (SSSR count). The second-order valence-electron chi connectivity index (χ2n) is 4.30. The van der Waals surface area contributed by atoms with Gasteiger partial charge in [-0.1, -0.05) is 17.2 Å². The van der Waals surface area contributed by atoms with Gasteiger partial charge in [-0.2, -0.15) is 0 Å². The van der Waals surface area contributed by atoms with Gasteiger partial charge < -0.3 is 10.6 Å². The number of anilines is 1. The molecule has 0 bridgehead atoms. The quantitative estimate of drug-likeness (QED) is 0.585. The average Bonchev–Trinajstić information content (AvgIpc) is 2.51. The first-order valence-electron chi connectivity index (χ1n) is 6.15. The van der Waals surface area contributed by atoms with Gasteiger partial charge in [0.05, 0.1) is 11.1 Å². The lowest BCUT2D eigenvalue weighted by molar-refractivity contribution is 0.0138. The van der Waals surface area contributed by atoms with E-state index in [-0.39, 0.29) is 16.3 Å². The van der Waals surface area contributed by atoms with Crippen molar-refractivity contribution in [2.45, 2.75) is 0 Å². The van der Waals surface area contributed by atoms with Crippen LogP contribution in [0.5, 0.6) is 0 Å². The number of halogens is 3. The topological polar surface area (TPSA) is 93.5 Å². The minimum Gasteiger partial charge on any atom is -0.398 e. The molecule has 2 aromatic rings. The van der Waals surface area contributed by atoms with Crippen molar-refractivity contribution in [1.82, 2.24) is 11.0 Å². The summed E-state index contributed by atoms with van der Waals surface area (Å²) in [6, 6.07) is 6.51. The summed E-state index contributed by atoms with van der Waals surface area (Å²) in [6.45, 7) is 0. The van der Waals surface area contributed by atoms with E-state index >= 15 is 0 Å². The number of nitrogens with one attached hydrogen (secondary N) is 2. The summed E-state index contributed by atoms with van der Waals surface area (Å²) in [5.74, 6) is -3.68. The molecule has 6 nitrogen and oxygen atoms in total. The molecule has 0 spiro atoms. The van der Waals surface area contributed by atoms with Crippen LogP contribution in [-0.4, -0.2) is 11.9 Å². The number of amides is 1. The maximum absolute atomic E-state index is 13.4. The van der Waals surface area contributed by atoms with Crippen molar-refractivity contribution in [3.8, 4) is 0 Å². The molecule has 0 fully saturated rings. The van der Waals surface area contributed by atoms with Crippen LogP contribution in [0, 0.1) is 11.6 Å². The number of hydrogen-bond donors (Lipinski definition) is 3. The minimum atomic E-state index is -1.03. The summed E-state index contributed by atoms with van der Waals surface area (Å²) < 4.78 is 26.4. The van der Waals surface area contributed by atoms with Gasteiger partial charge in [-0.3, -0.25) is 10.2 Å². The Bertz CT molecular complexity index is 707. The Morgan fingerprint density at radius 2 is 1.83 bits per heavy atom. The fraction of sp³-hybridized carbons (Fsp3) is 0. The van der Waals surface area contributed by atoms with Gasteiger partial charge >= 0.3 is 5.97 Å². The Balaban J connectivity index is 1.96. The third-order valence-corrected chi connectivity index (χ3v) is 2.95. The first-order valence-corrected chi connectivity index (χ1v) is 6.53. The zero-order valence-corrected chi connectivity index (χ0v) is 12.2. The summed E-state index contributed by atoms with van der Waals surface area (Å²) in [7, 11) is 0. The highest BCUT2D eigenvalue weighted by molar-refractivity contribution is 6.31. The van der Waals surface area contributed by atoms with Crippen LogP contribution in [0.1, 0.15) is 20.7 Å². The van der Waals surface area contributed by atoms with Crippen LogP contribution in [0.4, 0.5) is 14.5 Å². The average molecular weight is 342 g/mol. The SMILES string of the molecule is Nc1ccc(Cl)cc1C(=O)ONNC(=O)c1cc(F)ccc1F. The van der Waals surface area contributed by atoms with Gasteiger partial charge in [0.2, 0.25) is 0 Å². The molecule has 23 heavy (non-hydrogen) atoms. The maximum Gasteiger partial charge on any atom is 0.360 e. The van der Waals surface area contributed by atoms with Crippen molar-refractivity contribution in [3.05, 3.63) is 64.2 Å². The molecule has 0 saturated carbocycles. The Kier molecular flexibility index (Phi) is 5.09. The van der Waals surface area contributed by atoms with Crippen LogP contribution in [0.2, 0.25) is 5.02 Å². The highest BCUT2D eigenvalue weighted by Crippen LogP contribution is 2.18. The Morgan fingerprint density at radius 3 is 2.57 bits per heavy atom. The molecule has 0 aromatic heterocycles. The number of benzene rings is 2. The molecule has 0 aliphatic rings. The van der Waals surface area contributed by atoms with E-state index in [1.54, 1.807) is 0 Å². The Hall–Kier alpha value is -2.71. The zero-order chi connectivity index (χ0) is 17.0. The van der Waals surface area contributed by atoms with Crippen LogP contribution in [0.15, 0.2) is 36.4 Å². The molecular weight excluding hydrogens is 332 g/mol. The molecule has 4 N–H and O–H groups in total. The summed E-state index contributed by atoms with van der Waals surface area (Å²) in [6.07, 6.45) is 0. The maximum atomic E-state index is 13.4. The number of nitrogens with two attached hydrogens (primary N) is 1. The predicted molar refractivity (Wildman–Crippen MR) is 78.2 cm³/mol. The summed E-state index contributed by atoms with van der Waals surface area (Å²) >= 11 is 5.73. The highest BCUT2D eigenvalue weighted by Gasteiger charge is 2.15. The molecule has 120 valence electrons. The van der Waals surface area contributed by atoms with Gasteiger partial charge in [0.1, 0.15) is 11.6 Å². The molecular formula is C14H10ClF2N3O3. The molecule has 0 atom stereocenters. The minimum absolute atomic E-state index is 0.0313. The van der Waals surface area contributed by atoms with Crippen molar-refractivity contribution < 1.29 is 23.2 Å². The van der Waals surface area contributed by atoms with Crippen molar-refractivity contribution in [2.75, 3.05) is 5.73 Å². The van der Waals surface area contributed by atoms with Gasteiger partial charge in [0, 0.05) is 10.7 Å². The van der Waals surface area contributed by atoms with Crippen molar-refractivity contribution in [2.24, 2.45) is 0 Å². The van der Waals surface area contributed by atoms with E-state index in [4.69, 9.17) is 17.3 Å². The van der Waals surface area contributed by atoms with E-state index in [2.05, 4.69) is 4.84 Å². The largest absolute Gasteiger partial charge is 0.398 e. The zero-order valence-electron chi connectivity index (χ0n) is 11.4. The van der Waals surface area contributed by atoms with Crippen molar-refractivity contribution >= 4 is 29.2 Å². The van der Waals surface area contributed by atoms with Crippen LogP contribution in [0.3, 0.4) is 0 Å². The molecule has 0 aliphatic heterocycles. The smallest absolute Gasteiger partial charge is 0.360 e. The lowest BCUT2D eigenvalue weighted by Gasteiger charge is -2.09. The lowest BCUT2D eigenvalue weighted by atomic mass is 10.2. The third-order valence-electron chi connectivity index (χ3n) is 2.72. The van der Waals surface area contributed by atoms with E-state index < -0.39 is 29.1 Å². The van der Waals surface area contributed by atoms with Crippen LogP contribution >= 0.6 is 11.6 Å². The first-order chi connectivity index (χ1) is 10.9. The van der Waals surface area contributed by atoms with Crippen LogP contribution in [0.25, 0.3) is 0 Å². The van der Waals surface area contributed by atoms with E-state index in [0.717, 1.165) is 12.1 Å². The predicted octanol–water partition coefficient (Wildman–Crippen LogP) is 2.21. The molecule has 2 aromatic carbocycles. The second kappa shape index (κ2) is 7.03. The van der Waals surface area contributed by atoms with E-state index in [9.17, 15) is 18.4 Å². The molecule has 0 aliphatic carbocycles. The standard InChI is InChI=1S/C14H10ClF2N3O3/c15-7-1-4-12(18)10(5-7)14(22)23-20-19-13(21)9-6-8(16)2-3-11(9)17/h1-6,20H,18H2,(H,19,21). The van der Waals surface area contributed by atoms with Gasteiger partial charge in [-0.25, -0.2) is 13.6 Å². The monoisotopic (exact) mass is 341 g/mol. The fourth-order valence-electron chi connectivity index (χ4n) is 1.62. The van der Waals surface area contributed by atoms with Crippen LogP contribution < -0.4 is 16.7 Å². The van der Waals surface area contributed by atoms with Gasteiger partial charge in [0.25, 0.3) is 5.91 Å². The fourth-order valence-corrected chi connectivity index (χ4v) is 1.79. The summed E-state index contributed by atoms with van der Waals surface area (Å²) in [4.78, 5) is 27.9. The number of rotatable bonds is 4. The Morgan fingerprint density at radius 1 is 1.09 bits per heavy atom. The number of hydrazine groups is 1. The molecule has 9 heteroatoms. The van der Waals surface area contributed by atoms with Gasteiger partial charge in [-0.15, -0.1) is 0 Å². The highest BCUT2D eigenvalue weighted by atomic mass is 35.5.